The van der Waals surface area contributed by atoms with Gasteiger partial charge in [0.15, 0.2) is 0 Å². The van der Waals surface area contributed by atoms with Crippen LogP contribution in [0.15, 0.2) is 83.8 Å². The maximum atomic E-state index is 13.4. The number of nitrogens with one attached hydrogen (secondary N) is 2. The van der Waals surface area contributed by atoms with E-state index in [2.05, 4.69) is 10.6 Å². The average Bonchev–Trinajstić information content (AvgIpc) is 2.82. The fourth-order valence-electron chi connectivity index (χ4n) is 3.09. The predicted octanol–water partition coefficient (Wildman–Crippen LogP) is 3.80. The van der Waals surface area contributed by atoms with Gasteiger partial charge in [0, 0.05) is 6.54 Å². The van der Waals surface area contributed by atoms with Crippen molar-refractivity contribution in [2.45, 2.75) is 18.2 Å². The van der Waals surface area contributed by atoms with Gasteiger partial charge < -0.3 is 10.6 Å². The van der Waals surface area contributed by atoms with E-state index in [0.29, 0.717) is 6.54 Å². The van der Waals surface area contributed by atoms with Crippen LogP contribution in [0.3, 0.4) is 0 Å². The number of hydrogen-bond acceptors (Lipinski definition) is 4. The van der Waals surface area contributed by atoms with Crippen molar-refractivity contribution in [3.8, 4) is 0 Å². The van der Waals surface area contributed by atoms with Crippen molar-refractivity contribution in [1.82, 2.24) is 5.32 Å². The van der Waals surface area contributed by atoms with Gasteiger partial charge >= 0.3 is 0 Å². The number of nitrogens with zero attached hydrogens (tertiary/aromatic N) is 1. The summed E-state index contributed by atoms with van der Waals surface area (Å²) in [5.41, 5.74) is 0.648. The summed E-state index contributed by atoms with van der Waals surface area (Å²) in [7, 11) is -4.12. The highest BCUT2D eigenvalue weighted by Gasteiger charge is 2.27. The molecule has 0 aromatic heterocycles. The van der Waals surface area contributed by atoms with Crippen LogP contribution in [0.4, 0.5) is 15.8 Å². The molecule has 172 valence electrons. The quantitative estimate of drug-likeness (QED) is 0.498. The van der Waals surface area contributed by atoms with Gasteiger partial charge in [-0.3, -0.25) is 13.9 Å². The molecule has 0 aliphatic rings. The summed E-state index contributed by atoms with van der Waals surface area (Å²) in [5, 5.41) is 5.37. The first kappa shape index (κ1) is 23.9. The van der Waals surface area contributed by atoms with E-state index in [4.69, 9.17) is 0 Å². The highest BCUT2D eigenvalue weighted by Crippen LogP contribution is 2.24. The first-order chi connectivity index (χ1) is 15.8. The molecular formula is C24H24FN3O4S. The number of rotatable bonds is 9. The molecule has 0 fully saturated rings. The standard InChI is InChI=1S/C24H24FN3O4S/c1-2-16-26-24(30)21-10-6-7-11-22(21)27-23(29)17-28(19-14-12-18(25)13-15-19)33(31,32)20-8-4-3-5-9-20/h3-15H,2,16-17H2,1H3,(H,26,30)(H,27,29). The number of benzene rings is 3. The largest absolute Gasteiger partial charge is 0.352 e. The second kappa shape index (κ2) is 10.7. The minimum absolute atomic E-state index is 0.0125. The molecule has 7 nitrogen and oxygen atoms in total. The van der Waals surface area contributed by atoms with Gasteiger partial charge in [0.25, 0.3) is 15.9 Å². The third kappa shape index (κ3) is 5.95. The molecule has 0 aliphatic heterocycles. The summed E-state index contributed by atoms with van der Waals surface area (Å²) >= 11 is 0. The van der Waals surface area contributed by atoms with Crippen LogP contribution in [-0.4, -0.2) is 33.3 Å². The van der Waals surface area contributed by atoms with Crippen LogP contribution in [0.2, 0.25) is 0 Å². The molecule has 0 atom stereocenters. The number of carbonyl (C=O) groups is 2. The Bertz CT molecular complexity index is 1220. The van der Waals surface area contributed by atoms with Gasteiger partial charge in [-0.15, -0.1) is 0 Å². The van der Waals surface area contributed by atoms with E-state index in [-0.39, 0.29) is 27.7 Å². The SMILES string of the molecule is CCCNC(=O)c1ccccc1NC(=O)CN(c1ccc(F)cc1)S(=O)(=O)c1ccccc1. The van der Waals surface area contributed by atoms with Crippen molar-refractivity contribution in [3.05, 3.63) is 90.2 Å². The lowest BCUT2D eigenvalue weighted by atomic mass is 10.1. The Morgan fingerprint density at radius 1 is 0.909 bits per heavy atom. The fourth-order valence-corrected chi connectivity index (χ4v) is 4.53. The first-order valence-electron chi connectivity index (χ1n) is 10.3. The van der Waals surface area contributed by atoms with Gasteiger partial charge in [0.05, 0.1) is 21.8 Å². The molecule has 0 heterocycles. The van der Waals surface area contributed by atoms with Crippen LogP contribution in [0.5, 0.6) is 0 Å². The van der Waals surface area contributed by atoms with Crippen LogP contribution in [0.1, 0.15) is 23.7 Å². The zero-order valence-corrected chi connectivity index (χ0v) is 18.8. The van der Waals surface area contributed by atoms with E-state index in [1.165, 1.54) is 24.3 Å². The lowest BCUT2D eigenvalue weighted by molar-refractivity contribution is -0.114. The van der Waals surface area contributed by atoms with E-state index in [9.17, 15) is 22.4 Å². The van der Waals surface area contributed by atoms with Gasteiger partial charge in [-0.2, -0.15) is 0 Å². The Hall–Kier alpha value is -3.72. The smallest absolute Gasteiger partial charge is 0.264 e. The molecule has 0 unspecified atom stereocenters. The van der Waals surface area contributed by atoms with E-state index >= 15 is 0 Å². The summed E-state index contributed by atoms with van der Waals surface area (Å²) < 4.78 is 40.9. The first-order valence-corrected chi connectivity index (χ1v) is 11.8. The number of anilines is 2. The van der Waals surface area contributed by atoms with Crippen molar-refractivity contribution < 1.29 is 22.4 Å². The minimum atomic E-state index is -4.12. The lowest BCUT2D eigenvalue weighted by Crippen LogP contribution is -2.38. The molecular weight excluding hydrogens is 445 g/mol. The Labute approximate surface area is 192 Å². The Morgan fingerprint density at radius 3 is 2.21 bits per heavy atom. The predicted molar refractivity (Wildman–Crippen MR) is 125 cm³/mol. The third-order valence-electron chi connectivity index (χ3n) is 4.71. The summed E-state index contributed by atoms with van der Waals surface area (Å²) in [5.74, 6) is -1.54. The average molecular weight is 470 g/mol. The van der Waals surface area contributed by atoms with E-state index < -0.39 is 28.3 Å². The van der Waals surface area contributed by atoms with Crippen LogP contribution < -0.4 is 14.9 Å². The Kier molecular flexibility index (Phi) is 7.78. The van der Waals surface area contributed by atoms with E-state index in [1.54, 1.807) is 42.5 Å². The van der Waals surface area contributed by atoms with Gasteiger partial charge in [-0.25, -0.2) is 12.8 Å². The van der Waals surface area contributed by atoms with Crippen molar-refractivity contribution in [1.29, 1.82) is 0 Å². The number of hydrogen-bond donors (Lipinski definition) is 2. The zero-order chi connectivity index (χ0) is 23.8. The minimum Gasteiger partial charge on any atom is -0.352 e. The molecule has 0 radical (unpaired) electrons. The molecule has 0 saturated heterocycles. The number of sulfonamides is 1. The number of amides is 2. The molecule has 0 saturated carbocycles. The highest BCUT2D eigenvalue weighted by atomic mass is 32.2. The number of carbonyl (C=O) groups excluding carboxylic acids is 2. The lowest BCUT2D eigenvalue weighted by Gasteiger charge is -2.24. The van der Waals surface area contributed by atoms with Gasteiger partial charge in [0.2, 0.25) is 5.91 Å². The van der Waals surface area contributed by atoms with Crippen molar-refractivity contribution in [2.75, 3.05) is 22.7 Å². The summed E-state index contributed by atoms with van der Waals surface area (Å²) in [6.07, 6.45) is 0.754. The van der Waals surface area contributed by atoms with Crippen molar-refractivity contribution >= 4 is 33.2 Å². The molecule has 3 aromatic rings. The molecule has 2 N–H and O–H groups in total. The monoisotopic (exact) mass is 469 g/mol. The van der Waals surface area contributed by atoms with Gasteiger partial charge in [0.1, 0.15) is 12.4 Å². The molecule has 3 aromatic carbocycles. The van der Waals surface area contributed by atoms with Gasteiger partial charge in [-0.05, 0) is 55.0 Å². The Morgan fingerprint density at radius 2 is 1.55 bits per heavy atom. The maximum absolute atomic E-state index is 13.4. The summed E-state index contributed by atoms with van der Waals surface area (Å²) in [6, 6.07) is 18.9. The number of para-hydroxylation sites is 1. The summed E-state index contributed by atoms with van der Waals surface area (Å²) in [6.45, 7) is 1.83. The normalized spacial score (nSPS) is 11.0. The molecule has 33 heavy (non-hydrogen) atoms. The Balaban J connectivity index is 1.89. The maximum Gasteiger partial charge on any atom is 0.264 e. The zero-order valence-electron chi connectivity index (χ0n) is 18.0. The molecule has 0 aliphatic carbocycles. The fraction of sp³-hybridized carbons (Fsp3) is 0.167. The van der Waals surface area contributed by atoms with Gasteiger partial charge in [-0.1, -0.05) is 37.3 Å². The van der Waals surface area contributed by atoms with Crippen molar-refractivity contribution in [2.24, 2.45) is 0 Å². The second-order valence-electron chi connectivity index (χ2n) is 7.15. The number of halogens is 1. The van der Waals surface area contributed by atoms with E-state index in [0.717, 1.165) is 22.9 Å². The molecule has 9 heteroatoms. The molecule has 3 rings (SSSR count). The molecule has 2 amide bonds. The highest BCUT2D eigenvalue weighted by molar-refractivity contribution is 7.92. The summed E-state index contributed by atoms with van der Waals surface area (Å²) in [4.78, 5) is 25.3. The van der Waals surface area contributed by atoms with Crippen LogP contribution in [-0.2, 0) is 14.8 Å². The third-order valence-corrected chi connectivity index (χ3v) is 6.50. The topological polar surface area (TPSA) is 95.6 Å². The van der Waals surface area contributed by atoms with Crippen LogP contribution in [0, 0.1) is 5.82 Å². The molecule has 0 spiro atoms. The van der Waals surface area contributed by atoms with Crippen LogP contribution >= 0.6 is 0 Å². The van der Waals surface area contributed by atoms with E-state index in [1.807, 2.05) is 6.92 Å². The molecule has 0 bridgehead atoms. The second-order valence-corrected chi connectivity index (χ2v) is 9.01. The van der Waals surface area contributed by atoms with Crippen LogP contribution in [0.25, 0.3) is 0 Å². The van der Waals surface area contributed by atoms with Crippen molar-refractivity contribution in [3.63, 3.8) is 0 Å².